The van der Waals surface area contributed by atoms with Gasteiger partial charge in [0.05, 0.1) is 0 Å². The van der Waals surface area contributed by atoms with E-state index in [9.17, 15) is 0 Å². The van der Waals surface area contributed by atoms with Crippen LogP contribution in [0.15, 0.2) is 12.7 Å². The largest absolute Gasteiger partial charge is 0.314 e. The lowest BCUT2D eigenvalue weighted by atomic mass is 10.0. The standard InChI is InChI=1S/C14H30N2/c1-5-7-8-9-10-11-14(15-6-2)12-13-16(3)4/h5,14-15H,1,6-13H2,2-4H3. The zero-order chi connectivity index (χ0) is 12.2. The van der Waals surface area contributed by atoms with Gasteiger partial charge in [-0.2, -0.15) is 0 Å². The quantitative estimate of drug-likeness (QED) is 0.430. The molecule has 2 nitrogen and oxygen atoms in total. The zero-order valence-electron chi connectivity index (χ0n) is 11.5. The van der Waals surface area contributed by atoms with Gasteiger partial charge in [-0.3, -0.25) is 0 Å². The molecule has 2 heteroatoms. The van der Waals surface area contributed by atoms with Crippen LogP contribution in [0.1, 0.15) is 45.4 Å². The second-order valence-corrected chi connectivity index (χ2v) is 4.77. The lowest BCUT2D eigenvalue weighted by Crippen LogP contribution is -2.32. The van der Waals surface area contributed by atoms with Crippen LogP contribution >= 0.6 is 0 Å². The summed E-state index contributed by atoms with van der Waals surface area (Å²) in [7, 11) is 4.29. The Morgan fingerprint density at radius 3 is 2.50 bits per heavy atom. The molecule has 0 radical (unpaired) electrons. The molecular weight excluding hydrogens is 196 g/mol. The maximum Gasteiger partial charge on any atom is 0.00791 e. The van der Waals surface area contributed by atoms with Crippen molar-refractivity contribution in [3.8, 4) is 0 Å². The third-order valence-corrected chi connectivity index (χ3v) is 2.88. The van der Waals surface area contributed by atoms with Gasteiger partial charge < -0.3 is 10.2 Å². The normalized spacial score (nSPS) is 13.0. The monoisotopic (exact) mass is 226 g/mol. The fourth-order valence-electron chi connectivity index (χ4n) is 1.91. The van der Waals surface area contributed by atoms with Crippen LogP contribution < -0.4 is 5.32 Å². The van der Waals surface area contributed by atoms with E-state index < -0.39 is 0 Å². The minimum Gasteiger partial charge on any atom is -0.314 e. The molecule has 96 valence electrons. The molecular formula is C14H30N2. The number of rotatable bonds is 11. The van der Waals surface area contributed by atoms with Crippen molar-refractivity contribution in [3.63, 3.8) is 0 Å². The van der Waals surface area contributed by atoms with Crippen LogP contribution in [0.5, 0.6) is 0 Å². The summed E-state index contributed by atoms with van der Waals surface area (Å²) in [5, 5.41) is 3.58. The van der Waals surface area contributed by atoms with Crippen molar-refractivity contribution in [2.45, 2.75) is 51.5 Å². The van der Waals surface area contributed by atoms with Crippen molar-refractivity contribution < 1.29 is 0 Å². The number of hydrogen-bond acceptors (Lipinski definition) is 2. The summed E-state index contributed by atoms with van der Waals surface area (Å²) < 4.78 is 0. The molecule has 0 aliphatic heterocycles. The lowest BCUT2D eigenvalue weighted by molar-refractivity contribution is 0.346. The van der Waals surface area contributed by atoms with Crippen molar-refractivity contribution >= 4 is 0 Å². The van der Waals surface area contributed by atoms with E-state index in [4.69, 9.17) is 0 Å². The highest BCUT2D eigenvalue weighted by atomic mass is 15.1. The van der Waals surface area contributed by atoms with Gasteiger partial charge >= 0.3 is 0 Å². The highest BCUT2D eigenvalue weighted by Gasteiger charge is 2.06. The minimum atomic E-state index is 0.705. The van der Waals surface area contributed by atoms with Crippen LogP contribution in [0, 0.1) is 0 Å². The molecule has 0 heterocycles. The molecule has 1 unspecified atom stereocenters. The topological polar surface area (TPSA) is 15.3 Å². The Kier molecular flexibility index (Phi) is 10.9. The van der Waals surface area contributed by atoms with E-state index in [0.717, 1.165) is 6.54 Å². The molecule has 0 bridgehead atoms. The first-order valence-corrected chi connectivity index (χ1v) is 6.69. The number of hydrogen-bond donors (Lipinski definition) is 1. The van der Waals surface area contributed by atoms with Gasteiger partial charge in [-0.1, -0.05) is 25.8 Å². The first-order valence-electron chi connectivity index (χ1n) is 6.69. The summed E-state index contributed by atoms with van der Waals surface area (Å²) in [6.07, 6.45) is 9.77. The van der Waals surface area contributed by atoms with E-state index >= 15 is 0 Å². The van der Waals surface area contributed by atoms with Gasteiger partial charge in [0.15, 0.2) is 0 Å². The predicted octanol–water partition coefficient (Wildman–Crippen LogP) is 3.05. The summed E-state index contributed by atoms with van der Waals surface area (Å²) in [6.45, 7) is 8.22. The van der Waals surface area contributed by atoms with Gasteiger partial charge in [0.1, 0.15) is 0 Å². The van der Waals surface area contributed by atoms with Gasteiger partial charge in [-0.25, -0.2) is 0 Å². The summed E-state index contributed by atoms with van der Waals surface area (Å²) in [4.78, 5) is 2.27. The average Bonchev–Trinajstić information content (AvgIpc) is 2.25. The van der Waals surface area contributed by atoms with Gasteiger partial charge in [-0.05, 0) is 52.9 Å². The van der Waals surface area contributed by atoms with E-state index in [1.165, 1.54) is 45.1 Å². The number of nitrogens with one attached hydrogen (secondary N) is 1. The van der Waals surface area contributed by atoms with Crippen LogP contribution in [0.25, 0.3) is 0 Å². The predicted molar refractivity (Wildman–Crippen MR) is 73.9 cm³/mol. The fraction of sp³-hybridized carbons (Fsp3) is 0.857. The highest BCUT2D eigenvalue weighted by molar-refractivity contribution is 4.69. The van der Waals surface area contributed by atoms with E-state index in [2.05, 4.69) is 37.8 Å². The Balaban J connectivity index is 3.54. The molecule has 0 aromatic heterocycles. The molecule has 16 heavy (non-hydrogen) atoms. The molecule has 0 aromatic rings. The third-order valence-electron chi connectivity index (χ3n) is 2.88. The first-order chi connectivity index (χ1) is 7.70. The van der Waals surface area contributed by atoms with Crippen molar-refractivity contribution in [2.75, 3.05) is 27.2 Å². The van der Waals surface area contributed by atoms with Crippen LogP contribution in [0.4, 0.5) is 0 Å². The molecule has 0 aromatic carbocycles. The van der Waals surface area contributed by atoms with E-state index in [-0.39, 0.29) is 0 Å². The summed E-state index contributed by atoms with van der Waals surface area (Å²) in [6, 6.07) is 0.705. The van der Waals surface area contributed by atoms with Crippen LogP contribution in [-0.4, -0.2) is 38.1 Å². The first kappa shape index (κ1) is 15.7. The summed E-state index contributed by atoms with van der Waals surface area (Å²) >= 11 is 0. The van der Waals surface area contributed by atoms with E-state index in [0.29, 0.717) is 6.04 Å². The molecule has 0 rings (SSSR count). The molecule has 0 spiro atoms. The average molecular weight is 226 g/mol. The Morgan fingerprint density at radius 1 is 1.19 bits per heavy atom. The summed E-state index contributed by atoms with van der Waals surface area (Å²) in [5.74, 6) is 0. The number of nitrogens with zero attached hydrogens (tertiary/aromatic N) is 1. The van der Waals surface area contributed by atoms with Gasteiger partial charge in [0, 0.05) is 6.04 Å². The van der Waals surface area contributed by atoms with Gasteiger partial charge in [0.2, 0.25) is 0 Å². The van der Waals surface area contributed by atoms with Crippen molar-refractivity contribution in [2.24, 2.45) is 0 Å². The second kappa shape index (κ2) is 11.2. The van der Waals surface area contributed by atoms with Gasteiger partial charge in [-0.15, -0.1) is 6.58 Å². The zero-order valence-corrected chi connectivity index (χ0v) is 11.5. The Bertz CT molecular complexity index is 155. The second-order valence-electron chi connectivity index (χ2n) is 4.77. The Hall–Kier alpha value is -0.340. The lowest BCUT2D eigenvalue weighted by Gasteiger charge is -2.20. The third kappa shape index (κ3) is 10.2. The molecule has 1 N–H and O–H groups in total. The minimum absolute atomic E-state index is 0.705. The maximum absolute atomic E-state index is 3.75. The van der Waals surface area contributed by atoms with E-state index in [1.807, 2.05) is 6.08 Å². The summed E-state index contributed by atoms with van der Waals surface area (Å²) in [5.41, 5.74) is 0. The van der Waals surface area contributed by atoms with Crippen LogP contribution in [-0.2, 0) is 0 Å². The molecule has 0 saturated heterocycles. The molecule has 0 aliphatic carbocycles. The van der Waals surface area contributed by atoms with Crippen molar-refractivity contribution in [1.29, 1.82) is 0 Å². The molecule has 0 fully saturated rings. The Labute approximate surface area is 102 Å². The van der Waals surface area contributed by atoms with Crippen molar-refractivity contribution in [1.82, 2.24) is 10.2 Å². The molecule has 0 amide bonds. The Morgan fingerprint density at radius 2 is 1.94 bits per heavy atom. The van der Waals surface area contributed by atoms with Gasteiger partial charge in [0.25, 0.3) is 0 Å². The highest BCUT2D eigenvalue weighted by Crippen LogP contribution is 2.08. The molecule has 1 atom stereocenters. The van der Waals surface area contributed by atoms with E-state index in [1.54, 1.807) is 0 Å². The smallest absolute Gasteiger partial charge is 0.00791 e. The fourth-order valence-corrected chi connectivity index (χ4v) is 1.91. The van der Waals surface area contributed by atoms with Crippen molar-refractivity contribution in [3.05, 3.63) is 12.7 Å². The van der Waals surface area contributed by atoms with Crippen LogP contribution in [0.3, 0.4) is 0 Å². The maximum atomic E-state index is 3.75. The van der Waals surface area contributed by atoms with Crippen LogP contribution in [0.2, 0.25) is 0 Å². The number of unbranched alkanes of at least 4 members (excludes halogenated alkanes) is 3. The molecule has 0 aliphatic rings. The number of allylic oxidation sites excluding steroid dienone is 1. The molecule has 0 saturated carbocycles. The SMILES string of the molecule is C=CCCCCCC(CCN(C)C)NCC.